The van der Waals surface area contributed by atoms with E-state index in [-0.39, 0.29) is 24.7 Å². The number of ketones is 2. The number of ether oxygens (including phenoxy) is 4. The molecular weight excluding hydrogens is 560 g/mol. The van der Waals surface area contributed by atoms with Crippen LogP contribution in [0.4, 0.5) is 0 Å². The van der Waals surface area contributed by atoms with Crippen molar-refractivity contribution in [3.05, 3.63) is 24.2 Å². The molecular formula is C32H40O11. The minimum absolute atomic E-state index is 0.200. The normalized spacial score (nSPS) is 52.7. The molecule has 0 amide bonds. The average Bonchev–Trinajstić information content (AvgIpc) is 3.19. The molecule has 2 N–H and O–H groups in total. The molecule has 11 heteroatoms. The summed E-state index contributed by atoms with van der Waals surface area (Å²) in [5.74, 6) is -7.42. The molecule has 7 rings (SSSR count). The number of aliphatic hydroxyl groups is 2. The van der Waals surface area contributed by atoms with Gasteiger partial charge in [-0.1, -0.05) is 27.7 Å². The molecule has 2 aliphatic heterocycles. The number of esters is 2. The van der Waals surface area contributed by atoms with Gasteiger partial charge < -0.3 is 33.6 Å². The van der Waals surface area contributed by atoms with Crippen molar-refractivity contribution in [2.45, 2.75) is 103 Å². The Kier molecular flexibility index (Phi) is 5.66. The lowest BCUT2D eigenvalue weighted by Crippen LogP contribution is -2.83. The van der Waals surface area contributed by atoms with Crippen LogP contribution in [0.3, 0.4) is 0 Å². The predicted octanol–water partition coefficient (Wildman–Crippen LogP) is 2.31. The Balaban J connectivity index is 1.52. The van der Waals surface area contributed by atoms with Crippen LogP contribution in [-0.4, -0.2) is 76.1 Å². The summed E-state index contributed by atoms with van der Waals surface area (Å²) >= 11 is 0. The van der Waals surface area contributed by atoms with Crippen LogP contribution in [0.2, 0.25) is 0 Å². The first kappa shape index (κ1) is 29.1. The maximum Gasteiger partial charge on any atom is 0.308 e. The molecule has 0 aromatic carbocycles. The van der Waals surface area contributed by atoms with Crippen LogP contribution in [0.15, 0.2) is 23.0 Å². The molecule has 1 spiro atoms. The monoisotopic (exact) mass is 600 g/mol. The van der Waals surface area contributed by atoms with Crippen LogP contribution in [0.1, 0.15) is 72.8 Å². The first-order valence-electron chi connectivity index (χ1n) is 15.2. The molecule has 234 valence electrons. The highest BCUT2D eigenvalue weighted by Gasteiger charge is 2.95. The van der Waals surface area contributed by atoms with Gasteiger partial charge in [-0.05, 0) is 31.9 Å². The van der Waals surface area contributed by atoms with Crippen LogP contribution >= 0.6 is 0 Å². The van der Waals surface area contributed by atoms with Gasteiger partial charge >= 0.3 is 11.9 Å². The van der Waals surface area contributed by atoms with Gasteiger partial charge in [0.25, 0.3) is 5.79 Å². The molecule has 0 radical (unpaired) electrons. The highest BCUT2D eigenvalue weighted by atomic mass is 16.7. The maximum absolute atomic E-state index is 15.3. The molecule has 11 nitrogen and oxygen atoms in total. The first-order chi connectivity index (χ1) is 20.0. The van der Waals surface area contributed by atoms with Crippen molar-refractivity contribution in [1.29, 1.82) is 0 Å². The number of epoxide rings is 1. The molecule has 6 aliphatic rings. The number of fused-ring (bicyclic) bond motifs is 2. The van der Waals surface area contributed by atoms with E-state index in [1.54, 1.807) is 47.1 Å². The summed E-state index contributed by atoms with van der Waals surface area (Å²) in [7, 11) is 0. The number of hydrogen-bond donors (Lipinski definition) is 2. The van der Waals surface area contributed by atoms with Crippen LogP contribution in [0, 0.1) is 39.4 Å². The zero-order chi connectivity index (χ0) is 31.3. The lowest BCUT2D eigenvalue weighted by molar-refractivity contribution is -0.321. The number of hydrogen-bond acceptors (Lipinski definition) is 11. The second kappa shape index (κ2) is 8.35. The zero-order valence-corrected chi connectivity index (χ0v) is 25.5. The first-order valence-corrected chi connectivity index (χ1v) is 15.2. The third kappa shape index (κ3) is 2.92. The van der Waals surface area contributed by atoms with E-state index in [9.17, 15) is 24.6 Å². The van der Waals surface area contributed by atoms with Gasteiger partial charge in [-0.25, -0.2) is 0 Å². The molecule has 1 aromatic heterocycles. The number of carbonyl (C=O) groups excluding carboxylic acids is 4. The van der Waals surface area contributed by atoms with E-state index in [1.807, 2.05) is 13.0 Å². The van der Waals surface area contributed by atoms with Crippen molar-refractivity contribution in [2.75, 3.05) is 6.61 Å². The fourth-order valence-electron chi connectivity index (χ4n) is 11.1. The van der Waals surface area contributed by atoms with Crippen molar-refractivity contribution in [3.8, 4) is 0 Å². The largest absolute Gasteiger partial charge is 0.472 e. The molecule has 43 heavy (non-hydrogen) atoms. The van der Waals surface area contributed by atoms with Crippen LogP contribution in [-0.2, 0) is 38.1 Å². The minimum atomic E-state index is -2.20. The molecule has 2 saturated heterocycles. The Morgan fingerprint density at radius 2 is 1.81 bits per heavy atom. The van der Waals surface area contributed by atoms with E-state index >= 15 is 4.79 Å². The number of rotatable bonds is 4. The summed E-state index contributed by atoms with van der Waals surface area (Å²) in [6.07, 6.45) is -1.04. The van der Waals surface area contributed by atoms with E-state index in [2.05, 4.69) is 0 Å². The van der Waals surface area contributed by atoms with Gasteiger partial charge in [-0.2, -0.15) is 0 Å². The Labute approximate surface area is 249 Å². The highest BCUT2D eigenvalue weighted by Crippen LogP contribution is 2.83. The molecule has 13 atom stereocenters. The smallest absolute Gasteiger partial charge is 0.308 e. The van der Waals surface area contributed by atoms with Gasteiger partial charge in [-0.3, -0.25) is 19.2 Å². The summed E-state index contributed by atoms with van der Waals surface area (Å²) in [6.45, 7) is 11.4. The van der Waals surface area contributed by atoms with Gasteiger partial charge in [0, 0.05) is 36.0 Å². The van der Waals surface area contributed by atoms with E-state index in [4.69, 9.17) is 23.4 Å². The molecule has 0 bridgehead atoms. The number of carbonyl (C=O) groups is 4. The second-order valence-corrected chi connectivity index (χ2v) is 14.9. The summed E-state index contributed by atoms with van der Waals surface area (Å²) in [5.41, 5.74) is -5.92. The molecule has 6 fully saturated rings. The summed E-state index contributed by atoms with van der Waals surface area (Å²) in [5, 5.41) is 24.5. The summed E-state index contributed by atoms with van der Waals surface area (Å²) in [6, 6.07) is 1.82. The van der Waals surface area contributed by atoms with E-state index in [0.717, 1.165) is 5.56 Å². The molecule has 4 aliphatic carbocycles. The molecule has 3 heterocycles. The average molecular weight is 601 g/mol. The van der Waals surface area contributed by atoms with Crippen LogP contribution < -0.4 is 0 Å². The molecule has 1 unspecified atom stereocenters. The minimum Gasteiger partial charge on any atom is -0.472 e. The fraction of sp³-hybridized carbons (Fsp3) is 0.750. The Bertz CT molecular complexity index is 1440. The maximum atomic E-state index is 15.3. The summed E-state index contributed by atoms with van der Waals surface area (Å²) in [4.78, 5) is 54.8. The summed E-state index contributed by atoms with van der Waals surface area (Å²) < 4.78 is 30.4. The quantitative estimate of drug-likeness (QED) is 0.385. The van der Waals surface area contributed by atoms with Crippen LogP contribution in [0.5, 0.6) is 0 Å². The fourth-order valence-corrected chi connectivity index (χ4v) is 11.1. The Morgan fingerprint density at radius 3 is 2.42 bits per heavy atom. The standard InChI is InChI=1S/C32H40O11/c1-14(2)24(37)41-23-21(36)22-28(5)19(35)11-18(34)27(4)13-40-31(25(27)28,42-15(3)33)26(38)30(22,7)32-20(43-32)10-17(29(23,32)6)16-8-9-39-12-16/h8-9,12,14,17,19-23,25,35-36H,10-11,13H2,1-7H3/t17-,19+,20+,21+,22?,23-,25-,27-,28+,29+,30-,31+,32+/m0/s1. The lowest BCUT2D eigenvalue weighted by atomic mass is 9.33. The van der Waals surface area contributed by atoms with Gasteiger partial charge in [-0.15, -0.1) is 0 Å². The van der Waals surface area contributed by atoms with Crippen molar-refractivity contribution in [2.24, 2.45) is 39.4 Å². The second-order valence-electron chi connectivity index (χ2n) is 14.9. The van der Waals surface area contributed by atoms with Gasteiger partial charge in [0.1, 0.15) is 17.5 Å². The highest BCUT2D eigenvalue weighted by molar-refractivity contribution is 6.00. The van der Waals surface area contributed by atoms with Crippen molar-refractivity contribution >= 4 is 23.5 Å². The van der Waals surface area contributed by atoms with E-state index < -0.39 is 92.9 Å². The topological polar surface area (TPSA) is 162 Å². The molecule has 1 aromatic rings. The van der Waals surface area contributed by atoms with E-state index in [1.165, 1.54) is 6.92 Å². The molecule has 4 saturated carbocycles. The van der Waals surface area contributed by atoms with Crippen molar-refractivity contribution in [3.63, 3.8) is 0 Å². The predicted molar refractivity (Wildman–Crippen MR) is 145 cm³/mol. The van der Waals surface area contributed by atoms with Crippen LogP contribution in [0.25, 0.3) is 0 Å². The lowest BCUT2D eigenvalue weighted by Gasteiger charge is -2.70. The number of Topliss-reactive ketones (excluding diaryl/α,β-unsaturated/α-hetero) is 2. The van der Waals surface area contributed by atoms with E-state index in [0.29, 0.717) is 6.42 Å². The third-order valence-electron chi connectivity index (χ3n) is 12.7. The van der Waals surface area contributed by atoms with Gasteiger partial charge in [0.05, 0.1) is 60.1 Å². The number of furan rings is 1. The van der Waals surface area contributed by atoms with Gasteiger partial charge in [0.15, 0.2) is 0 Å². The van der Waals surface area contributed by atoms with Crippen molar-refractivity contribution in [1.82, 2.24) is 0 Å². The third-order valence-corrected chi connectivity index (χ3v) is 12.7. The van der Waals surface area contributed by atoms with Gasteiger partial charge in [0.2, 0.25) is 5.78 Å². The SMILES string of the molecule is CC(=O)O[C@@]12OC[C@@]3(C)C(=O)C[C@@H](O)[C@](C)(C4[C@@H](O)[C@H](OC(=O)C(C)C)[C@@]5(C)[C@H](c6ccoc6)C[C@H]6O[C@]65[C@]4(C)C1=O)[C@@H]23. The zero-order valence-electron chi connectivity index (χ0n) is 25.5. The Morgan fingerprint density at radius 1 is 1.12 bits per heavy atom. The Hall–Kier alpha value is -2.60. The van der Waals surface area contributed by atoms with Crippen molar-refractivity contribution < 1.29 is 52.8 Å². The number of aliphatic hydroxyl groups excluding tert-OH is 2.